The molecule has 0 aliphatic carbocycles. The Balaban J connectivity index is 2.21. The minimum atomic E-state index is -0.0928. The highest BCUT2D eigenvalue weighted by Crippen LogP contribution is 2.20. The van der Waals surface area contributed by atoms with E-state index in [1.54, 1.807) is 24.7 Å². The van der Waals surface area contributed by atoms with Crippen molar-refractivity contribution >= 4 is 10.9 Å². The molecule has 1 N–H and O–H groups in total. The van der Waals surface area contributed by atoms with E-state index in [1.807, 2.05) is 18.2 Å². The average Bonchev–Trinajstić information content (AvgIpc) is 2.39. The lowest BCUT2D eigenvalue weighted by Gasteiger charge is -2.02. The van der Waals surface area contributed by atoms with Crippen LogP contribution in [0.25, 0.3) is 22.2 Å². The van der Waals surface area contributed by atoms with Gasteiger partial charge in [0.15, 0.2) is 0 Å². The summed E-state index contributed by atoms with van der Waals surface area (Å²) in [7, 11) is 0. The Morgan fingerprint density at radius 3 is 2.82 bits per heavy atom. The second kappa shape index (κ2) is 3.83. The van der Waals surface area contributed by atoms with Gasteiger partial charge in [-0.2, -0.15) is 0 Å². The highest BCUT2D eigenvalue weighted by atomic mass is 16.1. The topological polar surface area (TPSA) is 58.6 Å². The summed E-state index contributed by atoms with van der Waals surface area (Å²) in [5.74, 6) is 0. The van der Waals surface area contributed by atoms with Gasteiger partial charge in [0.2, 0.25) is 5.56 Å². The summed E-state index contributed by atoms with van der Waals surface area (Å²) in [5, 5.41) is 0.979. The van der Waals surface area contributed by atoms with Gasteiger partial charge in [-0.15, -0.1) is 0 Å². The molecule has 0 fully saturated rings. The number of rotatable bonds is 1. The molecule has 0 atom stereocenters. The van der Waals surface area contributed by atoms with Crippen molar-refractivity contribution in [3.63, 3.8) is 0 Å². The zero-order valence-electron chi connectivity index (χ0n) is 8.92. The van der Waals surface area contributed by atoms with Crippen LogP contribution in [0.5, 0.6) is 0 Å². The fourth-order valence-electron chi connectivity index (χ4n) is 1.76. The molecule has 3 rings (SSSR count). The zero-order chi connectivity index (χ0) is 11.7. The summed E-state index contributed by atoms with van der Waals surface area (Å²) in [6.45, 7) is 0. The van der Waals surface area contributed by atoms with Gasteiger partial charge < -0.3 is 4.98 Å². The van der Waals surface area contributed by atoms with E-state index in [2.05, 4.69) is 15.0 Å². The number of pyridine rings is 1. The van der Waals surface area contributed by atoms with Gasteiger partial charge in [0.25, 0.3) is 0 Å². The molecule has 2 heterocycles. The number of benzene rings is 1. The molecule has 0 saturated carbocycles. The third-order valence-corrected chi connectivity index (χ3v) is 2.58. The summed E-state index contributed by atoms with van der Waals surface area (Å²) >= 11 is 0. The molecule has 17 heavy (non-hydrogen) atoms. The molecular weight excluding hydrogens is 214 g/mol. The standard InChI is InChI=1S/C13H9N3O/c17-13-4-2-9-7-10(1-3-11(9)16-13)12-8-14-5-6-15-12/h1-8H,(H,16,17). The minimum absolute atomic E-state index is 0.0928. The largest absolute Gasteiger partial charge is 0.322 e. The van der Waals surface area contributed by atoms with Crippen molar-refractivity contribution in [1.29, 1.82) is 0 Å². The Morgan fingerprint density at radius 1 is 1.06 bits per heavy atom. The highest BCUT2D eigenvalue weighted by Gasteiger charge is 2.01. The van der Waals surface area contributed by atoms with Gasteiger partial charge in [-0.05, 0) is 23.6 Å². The molecule has 4 heteroatoms. The lowest BCUT2D eigenvalue weighted by molar-refractivity contribution is 1.21. The Morgan fingerprint density at radius 2 is 2.00 bits per heavy atom. The maximum Gasteiger partial charge on any atom is 0.248 e. The van der Waals surface area contributed by atoms with Gasteiger partial charge in [-0.3, -0.25) is 14.8 Å². The second-order valence-corrected chi connectivity index (χ2v) is 3.72. The number of aromatic amines is 1. The molecular formula is C13H9N3O. The fourth-order valence-corrected chi connectivity index (χ4v) is 1.76. The van der Waals surface area contributed by atoms with Crippen LogP contribution in [0, 0.1) is 0 Å². The van der Waals surface area contributed by atoms with Gasteiger partial charge in [0.05, 0.1) is 11.9 Å². The molecule has 4 nitrogen and oxygen atoms in total. The quantitative estimate of drug-likeness (QED) is 0.686. The second-order valence-electron chi connectivity index (χ2n) is 3.72. The van der Waals surface area contributed by atoms with Crippen molar-refractivity contribution in [2.45, 2.75) is 0 Å². The summed E-state index contributed by atoms with van der Waals surface area (Å²) < 4.78 is 0. The van der Waals surface area contributed by atoms with Crippen LogP contribution in [0.15, 0.2) is 53.7 Å². The van der Waals surface area contributed by atoms with Gasteiger partial charge in [-0.25, -0.2) is 0 Å². The molecule has 0 spiro atoms. The maximum absolute atomic E-state index is 11.2. The molecule has 0 aliphatic rings. The zero-order valence-corrected chi connectivity index (χ0v) is 8.92. The predicted octanol–water partition coefficient (Wildman–Crippen LogP) is 1.99. The lowest BCUT2D eigenvalue weighted by atomic mass is 10.1. The monoisotopic (exact) mass is 223 g/mol. The SMILES string of the molecule is O=c1ccc2cc(-c3cnccn3)ccc2[nH]1. The normalized spacial score (nSPS) is 10.6. The first kappa shape index (κ1) is 9.72. The Labute approximate surface area is 97.0 Å². The molecule has 3 aromatic rings. The lowest BCUT2D eigenvalue weighted by Crippen LogP contribution is -2.02. The van der Waals surface area contributed by atoms with Crippen LogP contribution in [-0.4, -0.2) is 15.0 Å². The van der Waals surface area contributed by atoms with Crippen LogP contribution >= 0.6 is 0 Å². The van der Waals surface area contributed by atoms with E-state index < -0.39 is 0 Å². The molecule has 1 aromatic carbocycles. The van der Waals surface area contributed by atoms with Gasteiger partial charge in [-0.1, -0.05) is 6.07 Å². The summed E-state index contributed by atoms with van der Waals surface area (Å²) in [4.78, 5) is 22.2. The highest BCUT2D eigenvalue weighted by molar-refractivity contribution is 5.83. The van der Waals surface area contributed by atoms with E-state index in [9.17, 15) is 4.79 Å². The fraction of sp³-hybridized carbons (Fsp3) is 0. The molecule has 0 radical (unpaired) electrons. The first-order valence-corrected chi connectivity index (χ1v) is 5.22. The number of nitrogens with zero attached hydrogens (tertiary/aromatic N) is 2. The Bertz CT molecular complexity index is 719. The van der Waals surface area contributed by atoms with Gasteiger partial charge in [0.1, 0.15) is 0 Å². The van der Waals surface area contributed by atoms with E-state index >= 15 is 0 Å². The molecule has 0 saturated heterocycles. The molecule has 0 aliphatic heterocycles. The molecule has 0 amide bonds. The van der Waals surface area contributed by atoms with Gasteiger partial charge in [0, 0.05) is 29.5 Å². The third kappa shape index (κ3) is 1.80. The van der Waals surface area contributed by atoms with E-state index in [1.165, 1.54) is 6.07 Å². The molecule has 0 bridgehead atoms. The van der Waals surface area contributed by atoms with E-state index in [0.717, 1.165) is 22.2 Å². The first-order chi connectivity index (χ1) is 8.33. The van der Waals surface area contributed by atoms with E-state index in [0.29, 0.717) is 0 Å². The van der Waals surface area contributed by atoms with Crippen LogP contribution in [-0.2, 0) is 0 Å². The first-order valence-electron chi connectivity index (χ1n) is 5.22. The molecule has 0 unspecified atom stereocenters. The predicted molar refractivity (Wildman–Crippen MR) is 65.6 cm³/mol. The van der Waals surface area contributed by atoms with Crippen molar-refractivity contribution in [2.24, 2.45) is 0 Å². The average molecular weight is 223 g/mol. The van der Waals surface area contributed by atoms with Crippen LogP contribution < -0.4 is 5.56 Å². The van der Waals surface area contributed by atoms with Crippen molar-refractivity contribution in [3.05, 3.63) is 59.3 Å². The maximum atomic E-state index is 11.2. The summed E-state index contributed by atoms with van der Waals surface area (Å²) in [6, 6.07) is 9.09. The van der Waals surface area contributed by atoms with Crippen molar-refractivity contribution in [3.8, 4) is 11.3 Å². The number of hydrogen-bond acceptors (Lipinski definition) is 3. The van der Waals surface area contributed by atoms with Crippen molar-refractivity contribution in [1.82, 2.24) is 15.0 Å². The number of fused-ring (bicyclic) bond motifs is 1. The molecule has 2 aromatic heterocycles. The van der Waals surface area contributed by atoms with Crippen molar-refractivity contribution in [2.75, 3.05) is 0 Å². The third-order valence-electron chi connectivity index (χ3n) is 2.58. The van der Waals surface area contributed by atoms with Crippen LogP contribution in [0.3, 0.4) is 0 Å². The van der Waals surface area contributed by atoms with Crippen LogP contribution in [0.2, 0.25) is 0 Å². The molecule has 82 valence electrons. The Kier molecular flexibility index (Phi) is 2.19. The summed E-state index contributed by atoms with van der Waals surface area (Å²) in [5.41, 5.74) is 2.54. The van der Waals surface area contributed by atoms with Crippen molar-refractivity contribution < 1.29 is 0 Å². The van der Waals surface area contributed by atoms with E-state index in [4.69, 9.17) is 0 Å². The number of hydrogen-bond donors (Lipinski definition) is 1. The van der Waals surface area contributed by atoms with Gasteiger partial charge >= 0.3 is 0 Å². The smallest absolute Gasteiger partial charge is 0.248 e. The summed E-state index contributed by atoms with van der Waals surface area (Å²) in [6.07, 6.45) is 5.02. The Hall–Kier alpha value is -2.49. The number of aromatic nitrogens is 3. The number of H-pyrrole nitrogens is 1. The minimum Gasteiger partial charge on any atom is -0.322 e. The van der Waals surface area contributed by atoms with Crippen LogP contribution in [0.1, 0.15) is 0 Å². The van der Waals surface area contributed by atoms with E-state index in [-0.39, 0.29) is 5.56 Å². The number of nitrogens with one attached hydrogen (secondary N) is 1. The van der Waals surface area contributed by atoms with Crippen LogP contribution in [0.4, 0.5) is 0 Å².